The molecule has 4 atom stereocenters. The Labute approximate surface area is 239 Å². The van der Waals surface area contributed by atoms with E-state index in [9.17, 15) is 34.6 Å². The lowest BCUT2D eigenvalue weighted by molar-refractivity contribution is -0.385. The zero-order valence-electron chi connectivity index (χ0n) is 22.1. The van der Waals surface area contributed by atoms with Crippen LogP contribution < -0.4 is 0 Å². The van der Waals surface area contributed by atoms with E-state index in [2.05, 4.69) is 0 Å². The summed E-state index contributed by atoms with van der Waals surface area (Å²) in [5, 5.41) is 22.2. The number of ketones is 1. The van der Waals surface area contributed by atoms with Crippen LogP contribution in [0.2, 0.25) is 0 Å². The average Bonchev–Trinajstić information content (AvgIpc) is 3.45. The smallest absolute Gasteiger partial charge is 0.269 e. The van der Waals surface area contributed by atoms with Crippen LogP contribution in [0.25, 0.3) is 0 Å². The standard InChI is InChI=1S/C31H24N4O7/c36-29(22-8-12-24(13-9-22)35(41)42)28-27-26(30(37)33(31(27)38)18-20-4-2-1-3-5-20)25-17-21(14-15-32(25)28)16-19-6-10-23(11-7-19)34(39)40/h1-15,17,25-28H,16,18H2. The van der Waals surface area contributed by atoms with Crippen molar-refractivity contribution in [3.05, 3.63) is 140 Å². The molecule has 3 aliphatic heterocycles. The molecule has 11 nitrogen and oxygen atoms in total. The maximum absolute atomic E-state index is 13.9. The SMILES string of the molecule is O=C(c1ccc([N+](=O)[O-])cc1)C1C2C(=O)N(Cc3ccccc3)C(=O)C2C2C=C(Cc3ccc([N+](=O)[O-])cc3)C=CN21. The number of non-ortho nitro benzene ring substituents is 2. The van der Waals surface area contributed by atoms with Gasteiger partial charge in [0.1, 0.15) is 6.04 Å². The van der Waals surface area contributed by atoms with Crippen LogP contribution in [0.1, 0.15) is 21.5 Å². The van der Waals surface area contributed by atoms with Gasteiger partial charge in [0.05, 0.1) is 34.3 Å². The monoisotopic (exact) mass is 564 g/mol. The third-order valence-electron chi connectivity index (χ3n) is 8.08. The Kier molecular flexibility index (Phi) is 6.69. The molecule has 2 amide bonds. The van der Waals surface area contributed by atoms with E-state index in [0.29, 0.717) is 6.42 Å². The molecule has 0 saturated carbocycles. The van der Waals surface area contributed by atoms with Gasteiger partial charge in [0.25, 0.3) is 11.4 Å². The summed E-state index contributed by atoms with van der Waals surface area (Å²) in [4.78, 5) is 65.7. The minimum Gasteiger partial charge on any atom is -0.359 e. The van der Waals surface area contributed by atoms with Gasteiger partial charge < -0.3 is 4.90 Å². The van der Waals surface area contributed by atoms with E-state index < -0.39 is 45.5 Å². The second kappa shape index (κ2) is 10.5. The number of nitro benzene ring substituents is 2. The Morgan fingerprint density at radius 1 is 0.762 bits per heavy atom. The van der Waals surface area contributed by atoms with Gasteiger partial charge in [-0.3, -0.25) is 39.5 Å². The number of carbonyl (C=O) groups excluding carboxylic acids is 3. The van der Waals surface area contributed by atoms with Gasteiger partial charge in [-0.15, -0.1) is 0 Å². The van der Waals surface area contributed by atoms with E-state index in [1.807, 2.05) is 42.5 Å². The molecular weight excluding hydrogens is 540 g/mol. The molecule has 210 valence electrons. The van der Waals surface area contributed by atoms with Gasteiger partial charge in [-0.2, -0.15) is 0 Å². The van der Waals surface area contributed by atoms with Gasteiger partial charge in [0.15, 0.2) is 5.78 Å². The molecule has 2 fully saturated rings. The molecule has 2 saturated heterocycles. The highest BCUT2D eigenvalue weighted by atomic mass is 16.6. The fourth-order valence-electron chi connectivity index (χ4n) is 6.09. The van der Waals surface area contributed by atoms with Crippen LogP contribution in [0.4, 0.5) is 11.4 Å². The molecule has 3 heterocycles. The van der Waals surface area contributed by atoms with E-state index in [1.165, 1.54) is 41.3 Å². The number of rotatable bonds is 8. The number of carbonyl (C=O) groups is 3. The van der Waals surface area contributed by atoms with Crippen molar-refractivity contribution < 1.29 is 24.2 Å². The number of fused-ring (bicyclic) bond motifs is 3. The van der Waals surface area contributed by atoms with Crippen molar-refractivity contribution in [2.75, 3.05) is 0 Å². The minimum atomic E-state index is -0.980. The van der Waals surface area contributed by atoms with Crippen molar-refractivity contribution in [1.29, 1.82) is 0 Å². The predicted octanol–water partition coefficient (Wildman–Crippen LogP) is 4.24. The molecule has 0 radical (unpaired) electrons. The van der Waals surface area contributed by atoms with Gasteiger partial charge in [-0.25, -0.2) is 0 Å². The second-order valence-corrected chi connectivity index (χ2v) is 10.5. The molecule has 3 aliphatic rings. The van der Waals surface area contributed by atoms with Crippen LogP contribution >= 0.6 is 0 Å². The first-order valence-electron chi connectivity index (χ1n) is 13.3. The molecule has 42 heavy (non-hydrogen) atoms. The van der Waals surface area contributed by atoms with E-state index in [-0.39, 0.29) is 29.4 Å². The topological polar surface area (TPSA) is 144 Å². The van der Waals surface area contributed by atoms with Crippen LogP contribution in [0.3, 0.4) is 0 Å². The van der Waals surface area contributed by atoms with Gasteiger partial charge >= 0.3 is 0 Å². The van der Waals surface area contributed by atoms with E-state index in [0.717, 1.165) is 16.7 Å². The van der Waals surface area contributed by atoms with Crippen LogP contribution in [0.5, 0.6) is 0 Å². The summed E-state index contributed by atoms with van der Waals surface area (Å²) in [6.45, 7) is 0.0892. The number of Topliss-reactive ketones (excluding diaryl/α,β-unsaturated/α-hetero) is 1. The zero-order chi connectivity index (χ0) is 29.5. The molecule has 4 unspecified atom stereocenters. The number of nitrogens with zero attached hydrogens (tertiary/aromatic N) is 4. The zero-order valence-corrected chi connectivity index (χ0v) is 22.1. The van der Waals surface area contributed by atoms with E-state index in [4.69, 9.17) is 0 Å². The number of hydrogen-bond acceptors (Lipinski definition) is 8. The average molecular weight is 565 g/mol. The van der Waals surface area contributed by atoms with Crippen molar-refractivity contribution in [1.82, 2.24) is 9.80 Å². The third-order valence-corrected chi connectivity index (χ3v) is 8.08. The number of nitro groups is 2. The quantitative estimate of drug-likeness (QED) is 0.171. The summed E-state index contributed by atoms with van der Waals surface area (Å²) in [7, 11) is 0. The summed E-state index contributed by atoms with van der Waals surface area (Å²) in [6.07, 6.45) is 5.86. The molecule has 0 aliphatic carbocycles. The van der Waals surface area contributed by atoms with Crippen LogP contribution in [0, 0.1) is 32.1 Å². The fourth-order valence-corrected chi connectivity index (χ4v) is 6.09. The normalized spacial score (nSPS) is 22.5. The number of benzene rings is 3. The molecule has 0 spiro atoms. The molecule has 0 bridgehead atoms. The molecule has 6 rings (SSSR count). The Hall–Kier alpha value is -5.45. The molecule has 3 aromatic rings. The minimum absolute atomic E-state index is 0.0158. The third kappa shape index (κ3) is 4.64. The Morgan fingerprint density at radius 3 is 1.98 bits per heavy atom. The van der Waals surface area contributed by atoms with E-state index >= 15 is 0 Å². The van der Waals surface area contributed by atoms with Crippen LogP contribution in [-0.4, -0.2) is 49.3 Å². The lowest BCUT2D eigenvalue weighted by Crippen LogP contribution is -2.45. The number of imide groups is 1. The predicted molar refractivity (Wildman–Crippen MR) is 150 cm³/mol. The number of amides is 2. The number of hydrogen-bond donors (Lipinski definition) is 0. The van der Waals surface area contributed by atoms with Gasteiger partial charge in [-0.1, -0.05) is 48.5 Å². The highest BCUT2D eigenvalue weighted by Crippen LogP contribution is 2.46. The molecule has 3 aromatic carbocycles. The first-order valence-corrected chi connectivity index (χ1v) is 13.3. The van der Waals surface area contributed by atoms with Crippen molar-refractivity contribution in [2.24, 2.45) is 11.8 Å². The lowest BCUT2D eigenvalue weighted by Gasteiger charge is -2.33. The summed E-state index contributed by atoms with van der Waals surface area (Å²) < 4.78 is 0. The van der Waals surface area contributed by atoms with Gasteiger partial charge in [-0.05, 0) is 41.3 Å². The van der Waals surface area contributed by atoms with Crippen molar-refractivity contribution in [3.63, 3.8) is 0 Å². The maximum Gasteiger partial charge on any atom is 0.269 e. The number of allylic oxidation sites excluding steroid dienone is 2. The summed E-state index contributed by atoms with van der Waals surface area (Å²) in [6, 6.07) is 19.0. The lowest BCUT2D eigenvalue weighted by atomic mass is 9.85. The van der Waals surface area contributed by atoms with E-state index in [1.54, 1.807) is 23.2 Å². The first kappa shape index (κ1) is 26.8. The maximum atomic E-state index is 13.9. The summed E-state index contributed by atoms with van der Waals surface area (Å²) >= 11 is 0. The van der Waals surface area contributed by atoms with Crippen molar-refractivity contribution in [2.45, 2.75) is 25.0 Å². The molecule has 0 aromatic heterocycles. The highest BCUT2D eigenvalue weighted by molar-refractivity contribution is 6.12. The Balaban J connectivity index is 1.34. The largest absolute Gasteiger partial charge is 0.359 e. The highest BCUT2D eigenvalue weighted by Gasteiger charge is 2.63. The molecular formula is C31H24N4O7. The summed E-state index contributed by atoms with van der Waals surface area (Å²) in [5.74, 6) is -2.92. The van der Waals surface area contributed by atoms with Crippen molar-refractivity contribution in [3.8, 4) is 0 Å². The van der Waals surface area contributed by atoms with Gasteiger partial charge in [0, 0.05) is 36.0 Å². The fraction of sp³-hybridized carbons (Fsp3) is 0.194. The summed E-state index contributed by atoms with van der Waals surface area (Å²) in [5.41, 5.74) is 2.49. The molecule has 11 heteroatoms. The van der Waals surface area contributed by atoms with Crippen LogP contribution in [-0.2, 0) is 22.6 Å². The number of likely N-dealkylation sites (tertiary alicyclic amines) is 1. The first-order chi connectivity index (χ1) is 20.2. The molecule has 0 N–H and O–H groups in total. The van der Waals surface area contributed by atoms with Gasteiger partial charge in [0.2, 0.25) is 11.8 Å². The van der Waals surface area contributed by atoms with Crippen LogP contribution in [0.15, 0.2) is 103 Å². The Morgan fingerprint density at radius 2 is 1.36 bits per heavy atom. The Bertz CT molecular complexity index is 1670. The second-order valence-electron chi connectivity index (χ2n) is 10.5. The van der Waals surface area contributed by atoms with Crippen molar-refractivity contribution >= 4 is 29.0 Å².